The van der Waals surface area contributed by atoms with E-state index in [1.54, 1.807) is 13.0 Å². The Hall–Kier alpha value is -1.88. The summed E-state index contributed by atoms with van der Waals surface area (Å²) in [4.78, 5) is 15.2. The van der Waals surface area contributed by atoms with Crippen molar-refractivity contribution in [1.82, 2.24) is 4.98 Å². The van der Waals surface area contributed by atoms with Crippen molar-refractivity contribution >= 4 is 27.7 Å². The van der Waals surface area contributed by atoms with Crippen LogP contribution in [0.4, 0.5) is 5.82 Å². The zero-order valence-corrected chi connectivity index (χ0v) is 11.9. The van der Waals surface area contributed by atoms with Crippen LogP contribution in [-0.2, 0) is 6.54 Å². The van der Waals surface area contributed by atoms with Crippen molar-refractivity contribution in [3.8, 4) is 0 Å². The molecule has 2 aromatic rings. The highest BCUT2D eigenvalue weighted by Crippen LogP contribution is 2.18. The second kappa shape index (κ2) is 5.84. The van der Waals surface area contributed by atoms with E-state index in [0.29, 0.717) is 18.1 Å². The zero-order chi connectivity index (χ0) is 13.8. The Labute approximate surface area is 119 Å². The number of aryl methyl sites for hydroxylation is 1. The molecule has 4 nitrogen and oxygen atoms in total. The van der Waals surface area contributed by atoms with Crippen LogP contribution in [0.3, 0.4) is 0 Å². The Bertz CT molecular complexity index is 614. The van der Waals surface area contributed by atoms with Gasteiger partial charge < -0.3 is 10.4 Å². The molecule has 0 radical (unpaired) electrons. The highest BCUT2D eigenvalue weighted by molar-refractivity contribution is 9.10. The van der Waals surface area contributed by atoms with Crippen LogP contribution in [0.2, 0.25) is 0 Å². The average Bonchev–Trinajstić information content (AvgIpc) is 2.37. The van der Waals surface area contributed by atoms with Crippen molar-refractivity contribution in [3.05, 3.63) is 57.7 Å². The largest absolute Gasteiger partial charge is 0.478 e. The van der Waals surface area contributed by atoms with Crippen LogP contribution < -0.4 is 5.32 Å². The number of aromatic carboxylic acids is 1. The van der Waals surface area contributed by atoms with E-state index in [1.807, 2.05) is 24.3 Å². The van der Waals surface area contributed by atoms with Gasteiger partial charge in [0.2, 0.25) is 0 Å². The molecule has 19 heavy (non-hydrogen) atoms. The molecular weight excluding hydrogens is 308 g/mol. The molecule has 1 aromatic heterocycles. The molecule has 1 aromatic carbocycles. The van der Waals surface area contributed by atoms with E-state index in [1.165, 1.54) is 6.07 Å². The van der Waals surface area contributed by atoms with Gasteiger partial charge >= 0.3 is 5.97 Å². The van der Waals surface area contributed by atoms with E-state index >= 15 is 0 Å². The minimum absolute atomic E-state index is 0.238. The fourth-order valence-corrected chi connectivity index (χ4v) is 2.14. The molecule has 0 amide bonds. The van der Waals surface area contributed by atoms with E-state index in [2.05, 4.69) is 26.2 Å². The van der Waals surface area contributed by atoms with Crippen LogP contribution in [0, 0.1) is 6.92 Å². The van der Waals surface area contributed by atoms with Crippen molar-refractivity contribution in [2.75, 3.05) is 5.32 Å². The first-order valence-corrected chi connectivity index (χ1v) is 6.55. The van der Waals surface area contributed by atoms with Crippen molar-refractivity contribution < 1.29 is 9.90 Å². The summed E-state index contributed by atoms with van der Waals surface area (Å²) in [5.74, 6) is -0.386. The number of pyridine rings is 1. The third-order valence-corrected chi connectivity index (χ3v) is 3.39. The molecule has 0 aliphatic heterocycles. The number of rotatable bonds is 4. The van der Waals surface area contributed by atoms with Gasteiger partial charge in [0.15, 0.2) is 0 Å². The van der Waals surface area contributed by atoms with Crippen molar-refractivity contribution in [3.63, 3.8) is 0 Å². The highest BCUT2D eigenvalue weighted by Gasteiger charge is 2.07. The van der Waals surface area contributed by atoms with Gasteiger partial charge in [-0.2, -0.15) is 0 Å². The molecule has 0 spiro atoms. The smallest absolute Gasteiger partial charge is 0.335 e. The second-order valence-electron chi connectivity index (χ2n) is 4.13. The lowest BCUT2D eigenvalue weighted by molar-refractivity contribution is 0.0696. The zero-order valence-electron chi connectivity index (χ0n) is 10.4. The molecule has 0 fully saturated rings. The Morgan fingerprint density at radius 3 is 2.79 bits per heavy atom. The van der Waals surface area contributed by atoms with Crippen molar-refractivity contribution in [2.24, 2.45) is 0 Å². The normalized spacial score (nSPS) is 10.2. The molecule has 0 saturated heterocycles. The van der Waals surface area contributed by atoms with Gasteiger partial charge in [0.25, 0.3) is 0 Å². The minimum Gasteiger partial charge on any atom is -0.478 e. The quantitative estimate of drug-likeness (QED) is 0.905. The third-order valence-electron chi connectivity index (χ3n) is 2.62. The molecule has 0 aliphatic carbocycles. The molecule has 5 heteroatoms. The number of carboxylic acid groups (broad SMARTS) is 1. The maximum absolute atomic E-state index is 11.0. The number of anilines is 1. The predicted molar refractivity (Wildman–Crippen MR) is 77.4 cm³/mol. The standard InChI is InChI=1S/C14H13BrN2O2/c1-9-6-11(14(18)19)7-13(17-9)16-8-10-4-2-3-5-12(10)15/h2-7H,8H2,1H3,(H,16,17)(H,18,19). The van der Waals surface area contributed by atoms with Gasteiger partial charge in [0.1, 0.15) is 5.82 Å². The molecule has 1 heterocycles. The van der Waals surface area contributed by atoms with E-state index in [4.69, 9.17) is 5.11 Å². The van der Waals surface area contributed by atoms with Crippen LogP contribution >= 0.6 is 15.9 Å². The van der Waals surface area contributed by atoms with Crippen molar-refractivity contribution in [1.29, 1.82) is 0 Å². The fraction of sp³-hybridized carbons (Fsp3) is 0.143. The summed E-state index contributed by atoms with van der Waals surface area (Å²) in [6, 6.07) is 10.9. The van der Waals surface area contributed by atoms with Gasteiger partial charge in [-0.15, -0.1) is 0 Å². The first-order valence-electron chi connectivity index (χ1n) is 5.75. The lowest BCUT2D eigenvalue weighted by atomic mass is 10.2. The fourth-order valence-electron chi connectivity index (χ4n) is 1.71. The number of nitrogens with one attached hydrogen (secondary N) is 1. The van der Waals surface area contributed by atoms with Crippen LogP contribution in [-0.4, -0.2) is 16.1 Å². The van der Waals surface area contributed by atoms with Crippen LogP contribution in [0.5, 0.6) is 0 Å². The van der Waals surface area contributed by atoms with Gasteiger partial charge in [-0.3, -0.25) is 0 Å². The number of hydrogen-bond acceptors (Lipinski definition) is 3. The molecule has 0 saturated carbocycles. The number of carboxylic acids is 1. The SMILES string of the molecule is Cc1cc(C(=O)O)cc(NCc2ccccc2Br)n1. The molecule has 98 valence electrons. The van der Waals surface area contributed by atoms with E-state index in [-0.39, 0.29) is 5.56 Å². The number of carbonyl (C=O) groups is 1. The van der Waals surface area contributed by atoms with Crippen LogP contribution in [0.1, 0.15) is 21.6 Å². The summed E-state index contributed by atoms with van der Waals surface area (Å²) in [6.45, 7) is 2.35. The van der Waals surface area contributed by atoms with Gasteiger partial charge in [-0.1, -0.05) is 34.1 Å². The van der Waals surface area contributed by atoms with Crippen molar-refractivity contribution in [2.45, 2.75) is 13.5 Å². The summed E-state index contributed by atoms with van der Waals surface area (Å²) < 4.78 is 1.01. The summed E-state index contributed by atoms with van der Waals surface area (Å²) in [5, 5.41) is 12.1. The van der Waals surface area contributed by atoms with Gasteiger partial charge in [0.05, 0.1) is 5.56 Å². The first-order chi connectivity index (χ1) is 9.06. The monoisotopic (exact) mass is 320 g/mol. The van der Waals surface area contributed by atoms with Crippen LogP contribution in [0.15, 0.2) is 40.9 Å². The highest BCUT2D eigenvalue weighted by atomic mass is 79.9. The molecule has 0 atom stereocenters. The van der Waals surface area contributed by atoms with Gasteiger partial charge in [-0.05, 0) is 30.7 Å². The first kappa shape index (κ1) is 13.5. The number of halogens is 1. The number of hydrogen-bond donors (Lipinski definition) is 2. The van der Waals surface area contributed by atoms with E-state index < -0.39 is 5.97 Å². The predicted octanol–water partition coefficient (Wildman–Crippen LogP) is 3.46. The molecule has 2 N–H and O–H groups in total. The number of benzene rings is 1. The Kier molecular flexibility index (Phi) is 4.16. The third kappa shape index (κ3) is 3.54. The maximum atomic E-state index is 11.0. The Balaban J connectivity index is 2.16. The van der Waals surface area contributed by atoms with Gasteiger partial charge in [-0.25, -0.2) is 9.78 Å². The molecule has 2 rings (SSSR count). The maximum Gasteiger partial charge on any atom is 0.335 e. The summed E-state index contributed by atoms with van der Waals surface area (Å²) in [5.41, 5.74) is 2.00. The molecular formula is C14H13BrN2O2. The lowest BCUT2D eigenvalue weighted by Crippen LogP contribution is -2.05. The summed E-state index contributed by atoms with van der Waals surface area (Å²) in [6.07, 6.45) is 0. The topological polar surface area (TPSA) is 62.2 Å². The molecule has 0 unspecified atom stereocenters. The second-order valence-corrected chi connectivity index (χ2v) is 4.99. The summed E-state index contributed by atoms with van der Waals surface area (Å²) in [7, 11) is 0. The Morgan fingerprint density at radius 1 is 1.37 bits per heavy atom. The van der Waals surface area contributed by atoms with E-state index in [0.717, 1.165) is 10.0 Å². The lowest BCUT2D eigenvalue weighted by Gasteiger charge is -2.09. The Morgan fingerprint density at radius 2 is 2.11 bits per heavy atom. The van der Waals surface area contributed by atoms with Crippen LogP contribution in [0.25, 0.3) is 0 Å². The number of nitrogens with zero attached hydrogens (tertiary/aromatic N) is 1. The van der Waals surface area contributed by atoms with Gasteiger partial charge in [0, 0.05) is 16.7 Å². The molecule has 0 aliphatic rings. The molecule has 0 bridgehead atoms. The average molecular weight is 321 g/mol. The number of aromatic nitrogens is 1. The summed E-state index contributed by atoms with van der Waals surface area (Å²) >= 11 is 3.47. The van der Waals surface area contributed by atoms with E-state index in [9.17, 15) is 4.79 Å². The minimum atomic E-state index is -0.950.